The van der Waals surface area contributed by atoms with E-state index in [9.17, 15) is 22.8 Å². The predicted octanol–water partition coefficient (Wildman–Crippen LogP) is 1.51. The number of carbonyl (C=O) groups excluding carboxylic acids is 3. The first kappa shape index (κ1) is 19.0. The third-order valence-electron chi connectivity index (χ3n) is 3.59. The molecule has 0 fully saturated rings. The molecule has 1 aromatic carbocycles. The van der Waals surface area contributed by atoms with Crippen LogP contribution < -0.4 is 4.72 Å². The van der Waals surface area contributed by atoms with Gasteiger partial charge in [0.15, 0.2) is 0 Å². The van der Waals surface area contributed by atoms with E-state index in [1.165, 1.54) is 30.3 Å². The van der Waals surface area contributed by atoms with Crippen molar-refractivity contribution >= 4 is 39.1 Å². The van der Waals surface area contributed by atoms with Crippen LogP contribution in [0.5, 0.6) is 0 Å². The van der Waals surface area contributed by atoms with Crippen molar-refractivity contribution in [3.8, 4) is 0 Å². The van der Waals surface area contributed by atoms with Gasteiger partial charge in [0.25, 0.3) is 11.8 Å². The van der Waals surface area contributed by atoms with Crippen molar-refractivity contribution in [1.29, 1.82) is 0 Å². The first-order chi connectivity index (χ1) is 12.8. The first-order valence-corrected chi connectivity index (χ1v) is 10.0. The van der Waals surface area contributed by atoms with Gasteiger partial charge < -0.3 is 4.84 Å². The van der Waals surface area contributed by atoms with Crippen molar-refractivity contribution < 1.29 is 27.6 Å². The minimum absolute atomic E-state index is 0.0351. The lowest BCUT2D eigenvalue weighted by atomic mass is 10.1. The number of rotatable bonds is 7. The number of fused-ring (bicyclic) bond motifs is 1. The van der Waals surface area contributed by atoms with Gasteiger partial charge in [-0.3, -0.25) is 9.59 Å². The second-order valence-corrected chi connectivity index (χ2v) is 8.61. The van der Waals surface area contributed by atoms with Crippen molar-refractivity contribution in [2.45, 2.75) is 10.6 Å². The van der Waals surface area contributed by atoms with Gasteiger partial charge in [0, 0.05) is 11.4 Å². The molecule has 0 unspecified atom stereocenters. The molecule has 2 amide bonds. The maximum Gasteiger partial charge on any atom is 0.338 e. The van der Waals surface area contributed by atoms with Gasteiger partial charge in [0.05, 0.1) is 17.5 Å². The van der Waals surface area contributed by atoms with Crippen LogP contribution in [-0.4, -0.2) is 37.8 Å². The molecular formula is C17H14N2O6S2. The van der Waals surface area contributed by atoms with Crippen molar-refractivity contribution in [2.24, 2.45) is 0 Å². The molecule has 0 aliphatic carbocycles. The summed E-state index contributed by atoms with van der Waals surface area (Å²) < 4.78 is 26.4. The smallest absolute Gasteiger partial charge is 0.329 e. The Hall–Kier alpha value is -2.82. The molecule has 1 aliphatic rings. The lowest BCUT2D eigenvalue weighted by Crippen LogP contribution is -2.33. The van der Waals surface area contributed by atoms with Crippen LogP contribution >= 0.6 is 11.3 Å². The highest BCUT2D eigenvalue weighted by Crippen LogP contribution is 2.25. The van der Waals surface area contributed by atoms with Crippen LogP contribution in [0.3, 0.4) is 0 Å². The zero-order chi connectivity index (χ0) is 19.6. The van der Waals surface area contributed by atoms with Gasteiger partial charge in [0.1, 0.15) is 4.21 Å². The molecule has 10 heteroatoms. The van der Waals surface area contributed by atoms with E-state index in [2.05, 4.69) is 11.3 Å². The van der Waals surface area contributed by atoms with E-state index >= 15 is 0 Å². The first-order valence-electron chi connectivity index (χ1n) is 7.71. The van der Waals surface area contributed by atoms with E-state index in [0.717, 1.165) is 11.3 Å². The van der Waals surface area contributed by atoms with Gasteiger partial charge in [-0.05, 0) is 24.3 Å². The number of imide groups is 1. The highest BCUT2D eigenvalue weighted by molar-refractivity contribution is 7.91. The summed E-state index contributed by atoms with van der Waals surface area (Å²) in [5.41, 5.74) is 0.321. The summed E-state index contributed by atoms with van der Waals surface area (Å²) in [5.74, 6) is -2.28. The van der Waals surface area contributed by atoms with Gasteiger partial charge in [-0.2, -0.15) is 0 Å². The number of hydroxylamine groups is 2. The average Bonchev–Trinajstić information content (AvgIpc) is 3.20. The summed E-state index contributed by atoms with van der Waals surface area (Å²) >= 11 is 0.891. The minimum atomic E-state index is -3.69. The monoisotopic (exact) mass is 406 g/mol. The Morgan fingerprint density at radius 3 is 2.37 bits per heavy atom. The minimum Gasteiger partial charge on any atom is -0.329 e. The Bertz CT molecular complexity index is 1010. The number of sulfonamides is 1. The molecule has 8 nitrogen and oxygen atoms in total. The fraction of sp³-hybridized carbons (Fsp3) is 0.118. The number of thiophene rings is 1. The number of hydrogen-bond acceptors (Lipinski definition) is 7. The highest BCUT2D eigenvalue weighted by atomic mass is 32.2. The normalized spacial score (nSPS) is 13.6. The molecule has 3 rings (SSSR count). The molecule has 0 spiro atoms. The third-order valence-corrected chi connectivity index (χ3v) is 6.59. The van der Waals surface area contributed by atoms with Crippen LogP contribution in [0.1, 0.15) is 25.6 Å². The van der Waals surface area contributed by atoms with E-state index in [0.29, 0.717) is 9.94 Å². The molecule has 0 saturated carbocycles. The van der Waals surface area contributed by atoms with Gasteiger partial charge in [-0.25, -0.2) is 17.9 Å². The fourth-order valence-corrected chi connectivity index (χ4v) is 4.75. The standard InChI is InChI=1S/C17H14N2O6S2/c1-2-9-18-27(23,24)15-8-7-11(26-15)10-14(20)25-19-16(21)12-5-3-4-6-13(12)17(19)22/h2-8,18H,1,9-10H2. The molecule has 1 N–H and O–H groups in total. The summed E-state index contributed by atoms with van der Waals surface area (Å²) in [4.78, 5) is 41.8. The Morgan fingerprint density at radius 1 is 1.15 bits per heavy atom. The summed E-state index contributed by atoms with van der Waals surface area (Å²) in [6.07, 6.45) is 1.13. The fourth-order valence-electron chi connectivity index (χ4n) is 2.36. The van der Waals surface area contributed by atoms with Gasteiger partial charge in [-0.15, -0.1) is 17.9 Å². The maximum atomic E-state index is 12.2. The van der Waals surface area contributed by atoms with Crippen LogP contribution in [-0.2, 0) is 26.1 Å². The quantitative estimate of drug-likeness (QED) is 0.551. The molecule has 2 aromatic rings. The van der Waals surface area contributed by atoms with Crippen LogP contribution in [0.2, 0.25) is 0 Å². The highest BCUT2D eigenvalue weighted by Gasteiger charge is 2.38. The Morgan fingerprint density at radius 2 is 1.78 bits per heavy atom. The third kappa shape index (κ3) is 3.82. The average molecular weight is 406 g/mol. The molecule has 0 atom stereocenters. The van der Waals surface area contributed by atoms with E-state index in [4.69, 9.17) is 4.84 Å². The Labute approximate surface area is 159 Å². The molecule has 0 bridgehead atoms. The van der Waals surface area contributed by atoms with Crippen LogP contribution in [0.4, 0.5) is 0 Å². The summed E-state index contributed by atoms with van der Waals surface area (Å²) in [7, 11) is -3.69. The number of carbonyl (C=O) groups is 3. The van der Waals surface area contributed by atoms with Gasteiger partial charge >= 0.3 is 5.97 Å². The summed E-state index contributed by atoms with van der Waals surface area (Å²) in [6, 6.07) is 8.97. The van der Waals surface area contributed by atoms with Crippen molar-refractivity contribution in [3.63, 3.8) is 0 Å². The number of nitrogens with one attached hydrogen (secondary N) is 1. The van der Waals surface area contributed by atoms with Crippen LogP contribution in [0.25, 0.3) is 0 Å². The summed E-state index contributed by atoms with van der Waals surface area (Å²) in [5, 5.41) is 0.421. The number of benzene rings is 1. The molecule has 0 radical (unpaired) electrons. The maximum absolute atomic E-state index is 12.2. The van der Waals surface area contributed by atoms with E-state index in [-0.39, 0.29) is 28.3 Å². The number of hydrogen-bond donors (Lipinski definition) is 1. The second kappa shape index (κ2) is 7.43. The second-order valence-electron chi connectivity index (χ2n) is 5.45. The lowest BCUT2D eigenvalue weighted by Gasteiger charge is -2.12. The van der Waals surface area contributed by atoms with Gasteiger partial charge in [-0.1, -0.05) is 23.3 Å². The molecule has 140 valence electrons. The van der Waals surface area contributed by atoms with E-state index in [1.807, 2.05) is 0 Å². The van der Waals surface area contributed by atoms with E-state index in [1.54, 1.807) is 12.1 Å². The molecule has 1 aromatic heterocycles. The number of nitrogens with zero attached hydrogens (tertiary/aromatic N) is 1. The topological polar surface area (TPSA) is 110 Å². The lowest BCUT2D eigenvalue weighted by molar-refractivity contribution is -0.167. The van der Waals surface area contributed by atoms with Crippen molar-refractivity contribution in [1.82, 2.24) is 9.79 Å². The molecular weight excluding hydrogens is 392 g/mol. The SMILES string of the molecule is C=CCNS(=O)(=O)c1ccc(CC(=O)ON2C(=O)c3ccccc3C2=O)s1. The van der Waals surface area contributed by atoms with Crippen LogP contribution in [0.15, 0.2) is 53.3 Å². The molecule has 27 heavy (non-hydrogen) atoms. The Kier molecular flexibility index (Phi) is 5.22. The predicted molar refractivity (Wildman–Crippen MR) is 96.4 cm³/mol. The van der Waals surface area contributed by atoms with Gasteiger partial charge in [0.2, 0.25) is 10.0 Å². The zero-order valence-electron chi connectivity index (χ0n) is 13.9. The Balaban J connectivity index is 1.67. The molecule has 1 aliphatic heterocycles. The summed E-state index contributed by atoms with van der Waals surface area (Å²) in [6.45, 7) is 3.51. The molecule has 2 heterocycles. The van der Waals surface area contributed by atoms with Crippen LogP contribution in [0, 0.1) is 0 Å². The van der Waals surface area contributed by atoms with E-state index < -0.39 is 27.8 Å². The molecule has 0 saturated heterocycles. The largest absolute Gasteiger partial charge is 0.338 e. The van der Waals surface area contributed by atoms with Crippen molar-refractivity contribution in [3.05, 3.63) is 65.1 Å². The number of amides is 2. The zero-order valence-corrected chi connectivity index (χ0v) is 15.5. The van der Waals surface area contributed by atoms with Crippen molar-refractivity contribution in [2.75, 3.05) is 6.54 Å².